The van der Waals surface area contributed by atoms with Crippen molar-refractivity contribution in [3.05, 3.63) is 0 Å². The molecule has 1 fully saturated rings. The Labute approximate surface area is 105 Å². The van der Waals surface area contributed by atoms with Crippen LogP contribution in [0, 0.1) is 0 Å². The minimum absolute atomic E-state index is 0.125. The van der Waals surface area contributed by atoms with Crippen molar-refractivity contribution in [2.45, 2.75) is 52.2 Å². The molecular weight excluding hydrogens is 216 g/mol. The average Bonchev–Trinajstić information content (AvgIpc) is 2.34. The van der Waals surface area contributed by atoms with Crippen molar-refractivity contribution in [1.82, 2.24) is 10.2 Å². The highest BCUT2D eigenvalue weighted by atomic mass is 16.5. The minimum Gasteiger partial charge on any atom is -0.368 e. The van der Waals surface area contributed by atoms with Crippen LogP contribution >= 0.6 is 0 Å². The number of ether oxygens (including phenoxy) is 1. The van der Waals surface area contributed by atoms with Gasteiger partial charge in [-0.3, -0.25) is 4.79 Å². The summed E-state index contributed by atoms with van der Waals surface area (Å²) in [6.45, 7) is 9.27. The van der Waals surface area contributed by atoms with Crippen LogP contribution in [-0.2, 0) is 9.53 Å². The molecule has 0 saturated carbocycles. The van der Waals surface area contributed by atoms with Crippen LogP contribution < -0.4 is 5.32 Å². The largest absolute Gasteiger partial charge is 0.368 e. The maximum absolute atomic E-state index is 12.0. The first-order valence-electron chi connectivity index (χ1n) is 6.77. The second kappa shape index (κ2) is 7.67. The molecular formula is C13H26N2O2. The van der Waals surface area contributed by atoms with Gasteiger partial charge in [-0.2, -0.15) is 0 Å². The molecule has 0 aliphatic carbocycles. The summed E-state index contributed by atoms with van der Waals surface area (Å²) < 4.78 is 5.69. The summed E-state index contributed by atoms with van der Waals surface area (Å²) in [7, 11) is 0. The lowest BCUT2D eigenvalue weighted by Crippen LogP contribution is -2.41. The Kier molecular flexibility index (Phi) is 6.52. The van der Waals surface area contributed by atoms with Gasteiger partial charge in [-0.15, -0.1) is 0 Å². The number of nitrogens with one attached hydrogen (secondary N) is 1. The van der Waals surface area contributed by atoms with Gasteiger partial charge < -0.3 is 15.0 Å². The molecule has 1 saturated heterocycles. The number of amides is 1. The van der Waals surface area contributed by atoms with Crippen LogP contribution in [0.15, 0.2) is 0 Å². The zero-order valence-corrected chi connectivity index (χ0v) is 11.4. The molecule has 0 atom stereocenters. The lowest BCUT2D eigenvalue weighted by Gasteiger charge is -2.28. The van der Waals surface area contributed by atoms with Gasteiger partial charge in [0.2, 0.25) is 5.91 Å². The molecule has 100 valence electrons. The molecule has 0 aromatic heterocycles. The van der Waals surface area contributed by atoms with Crippen molar-refractivity contribution >= 4 is 5.91 Å². The molecule has 0 unspecified atom stereocenters. The van der Waals surface area contributed by atoms with Crippen molar-refractivity contribution < 1.29 is 9.53 Å². The monoisotopic (exact) mass is 242 g/mol. The van der Waals surface area contributed by atoms with E-state index >= 15 is 0 Å². The highest BCUT2D eigenvalue weighted by Gasteiger charge is 2.19. The molecule has 1 rings (SSSR count). The first kappa shape index (κ1) is 14.5. The van der Waals surface area contributed by atoms with E-state index in [1.165, 1.54) is 0 Å². The molecule has 1 aliphatic rings. The van der Waals surface area contributed by atoms with E-state index in [9.17, 15) is 4.79 Å². The average molecular weight is 242 g/mol. The van der Waals surface area contributed by atoms with Crippen molar-refractivity contribution in [1.29, 1.82) is 0 Å². The van der Waals surface area contributed by atoms with Crippen molar-refractivity contribution in [2.24, 2.45) is 0 Å². The van der Waals surface area contributed by atoms with Gasteiger partial charge in [0.05, 0.1) is 6.10 Å². The maximum atomic E-state index is 12.0. The first-order valence-corrected chi connectivity index (χ1v) is 6.77. The van der Waals surface area contributed by atoms with E-state index in [-0.39, 0.29) is 24.7 Å². The third-order valence-electron chi connectivity index (χ3n) is 3.14. The Hall–Kier alpha value is -0.610. The molecule has 1 N–H and O–H groups in total. The molecule has 4 heteroatoms. The summed E-state index contributed by atoms with van der Waals surface area (Å²) in [5.74, 6) is 0.125. The van der Waals surface area contributed by atoms with E-state index in [2.05, 4.69) is 26.1 Å². The Balaban J connectivity index is 2.30. The molecule has 0 radical (unpaired) electrons. The number of hydrogen-bond donors (Lipinski definition) is 1. The Morgan fingerprint density at radius 2 is 2.06 bits per heavy atom. The van der Waals surface area contributed by atoms with Gasteiger partial charge in [-0.1, -0.05) is 6.92 Å². The summed E-state index contributed by atoms with van der Waals surface area (Å²) in [5.41, 5.74) is 0. The minimum atomic E-state index is 0.125. The predicted octanol–water partition coefficient (Wildman–Crippen LogP) is 1.40. The molecule has 0 aromatic carbocycles. The Morgan fingerprint density at radius 3 is 2.59 bits per heavy atom. The fourth-order valence-electron chi connectivity index (χ4n) is 2.15. The highest BCUT2D eigenvalue weighted by molar-refractivity contribution is 5.77. The number of piperidine rings is 1. The number of hydrogen-bond acceptors (Lipinski definition) is 3. The number of rotatable bonds is 6. The molecule has 17 heavy (non-hydrogen) atoms. The fraction of sp³-hybridized carbons (Fsp3) is 0.923. The van der Waals surface area contributed by atoms with Crippen molar-refractivity contribution in [3.63, 3.8) is 0 Å². The number of nitrogens with zero attached hydrogens (tertiary/aromatic N) is 1. The fourth-order valence-corrected chi connectivity index (χ4v) is 2.15. The molecule has 1 heterocycles. The van der Waals surface area contributed by atoms with Crippen LogP contribution in [0.1, 0.15) is 40.0 Å². The van der Waals surface area contributed by atoms with Gasteiger partial charge in [-0.05, 0) is 46.2 Å². The predicted molar refractivity (Wildman–Crippen MR) is 69.0 cm³/mol. The van der Waals surface area contributed by atoms with Crippen LogP contribution in [0.3, 0.4) is 0 Å². The smallest absolute Gasteiger partial charge is 0.248 e. The normalized spacial score (nSPS) is 17.4. The third-order valence-corrected chi connectivity index (χ3v) is 3.14. The molecule has 1 aliphatic heterocycles. The van der Waals surface area contributed by atoms with Gasteiger partial charge in [0, 0.05) is 12.6 Å². The SMILES string of the molecule is CCCN(C(=O)COC1CCNCC1)C(C)C. The lowest BCUT2D eigenvalue weighted by atomic mass is 10.1. The standard InChI is InChI=1S/C13H26N2O2/c1-4-9-15(11(2)3)13(16)10-17-12-5-7-14-8-6-12/h11-12,14H,4-10H2,1-3H3. The maximum Gasteiger partial charge on any atom is 0.248 e. The summed E-state index contributed by atoms with van der Waals surface area (Å²) in [5, 5.41) is 3.29. The van der Waals surface area contributed by atoms with Gasteiger partial charge in [0.15, 0.2) is 0 Å². The molecule has 4 nitrogen and oxygen atoms in total. The van der Waals surface area contributed by atoms with E-state index in [0.29, 0.717) is 0 Å². The van der Waals surface area contributed by atoms with Gasteiger partial charge in [0.1, 0.15) is 6.61 Å². The second-order valence-electron chi connectivity index (χ2n) is 4.94. The van der Waals surface area contributed by atoms with E-state index in [0.717, 1.165) is 38.9 Å². The van der Waals surface area contributed by atoms with E-state index < -0.39 is 0 Å². The van der Waals surface area contributed by atoms with Crippen LogP contribution in [0.2, 0.25) is 0 Å². The van der Waals surface area contributed by atoms with Crippen LogP contribution in [0.25, 0.3) is 0 Å². The molecule has 1 amide bonds. The second-order valence-corrected chi connectivity index (χ2v) is 4.94. The van der Waals surface area contributed by atoms with Crippen molar-refractivity contribution in [2.75, 3.05) is 26.2 Å². The van der Waals surface area contributed by atoms with Crippen LogP contribution in [-0.4, -0.2) is 49.2 Å². The first-order chi connectivity index (χ1) is 8.15. The Bertz CT molecular complexity index is 225. The van der Waals surface area contributed by atoms with Crippen molar-refractivity contribution in [3.8, 4) is 0 Å². The summed E-state index contributed by atoms with van der Waals surface area (Å²) in [4.78, 5) is 13.9. The number of carbonyl (C=O) groups is 1. The molecule has 0 spiro atoms. The zero-order valence-electron chi connectivity index (χ0n) is 11.4. The summed E-state index contributed by atoms with van der Waals surface area (Å²) in [6.07, 6.45) is 3.29. The van der Waals surface area contributed by atoms with Gasteiger partial charge >= 0.3 is 0 Å². The highest BCUT2D eigenvalue weighted by Crippen LogP contribution is 2.08. The van der Waals surface area contributed by atoms with E-state index in [1.54, 1.807) is 0 Å². The third kappa shape index (κ3) is 5.04. The van der Waals surface area contributed by atoms with Gasteiger partial charge in [-0.25, -0.2) is 0 Å². The lowest BCUT2D eigenvalue weighted by molar-refractivity contribution is -0.140. The summed E-state index contributed by atoms with van der Waals surface area (Å²) in [6, 6.07) is 0.263. The molecule has 0 bridgehead atoms. The van der Waals surface area contributed by atoms with E-state index in [4.69, 9.17) is 4.74 Å². The topological polar surface area (TPSA) is 41.6 Å². The Morgan fingerprint density at radius 1 is 1.41 bits per heavy atom. The van der Waals surface area contributed by atoms with E-state index in [1.807, 2.05) is 4.90 Å². The van der Waals surface area contributed by atoms with Crippen LogP contribution in [0.4, 0.5) is 0 Å². The zero-order chi connectivity index (χ0) is 12.7. The molecule has 0 aromatic rings. The van der Waals surface area contributed by atoms with Crippen LogP contribution in [0.5, 0.6) is 0 Å². The number of carbonyl (C=O) groups excluding carboxylic acids is 1. The van der Waals surface area contributed by atoms with Gasteiger partial charge in [0.25, 0.3) is 0 Å². The summed E-state index contributed by atoms with van der Waals surface area (Å²) >= 11 is 0. The quantitative estimate of drug-likeness (QED) is 0.765.